The van der Waals surface area contributed by atoms with E-state index in [1.165, 1.54) is 16.4 Å². The zero-order valence-electron chi connectivity index (χ0n) is 18.3. The molecule has 1 aliphatic rings. The first kappa shape index (κ1) is 23.2. The van der Waals surface area contributed by atoms with E-state index in [1.54, 1.807) is 19.1 Å². The zero-order chi connectivity index (χ0) is 22.8. The van der Waals surface area contributed by atoms with Gasteiger partial charge in [-0.15, -0.1) is 0 Å². The summed E-state index contributed by atoms with van der Waals surface area (Å²) in [6.45, 7) is 9.00. The quantitative estimate of drug-likeness (QED) is 0.477. The van der Waals surface area contributed by atoms with Gasteiger partial charge in [0.15, 0.2) is 6.61 Å². The maximum atomic E-state index is 12.9. The highest BCUT2D eigenvalue weighted by Gasteiger charge is 2.28. The maximum absolute atomic E-state index is 12.9. The third kappa shape index (κ3) is 4.73. The number of benzene rings is 1. The molecule has 0 amide bonds. The molecular weight excluding hydrogens is 420 g/mol. The summed E-state index contributed by atoms with van der Waals surface area (Å²) in [5, 5.41) is 0. The van der Waals surface area contributed by atoms with Gasteiger partial charge in [0.2, 0.25) is 15.8 Å². The normalized spacial score (nSPS) is 15.1. The molecule has 9 heteroatoms. The Bertz CT molecular complexity index is 1100. The number of hydrogen-bond acceptors (Lipinski definition) is 6. The summed E-state index contributed by atoms with van der Waals surface area (Å²) in [5.41, 5.74) is 3.01. The summed E-state index contributed by atoms with van der Waals surface area (Å²) in [6.07, 6.45) is 0. The highest BCUT2D eigenvalue weighted by atomic mass is 32.2. The number of sulfonamides is 1. The van der Waals surface area contributed by atoms with Crippen molar-refractivity contribution < 1.29 is 27.5 Å². The van der Waals surface area contributed by atoms with Crippen LogP contribution in [-0.4, -0.2) is 62.0 Å². The summed E-state index contributed by atoms with van der Waals surface area (Å²) in [6, 6.07) is 6.15. The van der Waals surface area contributed by atoms with Crippen molar-refractivity contribution in [2.75, 3.05) is 32.9 Å². The number of carbonyl (C=O) groups is 2. The first-order valence-corrected chi connectivity index (χ1v) is 11.7. The molecule has 0 spiro atoms. The molecular formula is C22H28N2O6S. The smallest absolute Gasteiger partial charge is 0.338 e. The van der Waals surface area contributed by atoms with Gasteiger partial charge in [-0.1, -0.05) is 6.07 Å². The number of nitrogens with zero attached hydrogens (tertiary/aromatic N) is 2. The van der Waals surface area contributed by atoms with E-state index in [9.17, 15) is 18.0 Å². The van der Waals surface area contributed by atoms with Crippen molar-refractivity contribution in [3.05, 3.63) is 52.3 Å². The SMILES string of the molecule is CCn1c(C)cc(C(=O)COC(=O)c2cc(S(=O)(=O)N3CCOCC3)ccc2C)c1C. The molecule has 0 N–H and O–H groups in total. The van der Waals surface area contributed by atoms with Crippen LogP contribution < -0.4 is 0 Å². The lowest BCUT2D eigenvalue weighted by Crippen LogP contribution is -2.40. The average Bonchev–Trinajstić information content (AvgIpc) is 3.05. The molecule has 168 valence electrons. The predicted molar refractivity (Wildman–Crippen MR) is 115 cm³/mol. The van der Waals surface area contributed by atoms with E-state index >= 15 is 0 Å². The fourth-order valence-corrected chi connectivity index (χ4v) is 5.21. The van der Waals surface area contributed by atoms with Crippen LogP contribution in [0.25, 0.3) is 0 Å². The van der Waals surface area contributed by atoms with Crippen LogP contribution in [0.5, 0.6) is 0 Å². The number of morpholine rings is 1. The summed E-state index contributed by atoms with van der Waals surface area (Å²) in [7, 11) is -3.74. The first-order chi connectivity index (χ1) is 14.7. The van der Waals surface area contributed by atoms with E-state index in [-0.39, 0.29) is 29.3 Å². The summed E-state index contributed by atoms with van der Waals surface area (Å²) < 4.78 is 39.6. The van der Waals surface area contributed by atoms with Crippen LogP contribution >= 0.6 is 0 Å². The van der Waals surface area contributed by atoms with Gasteiger partial charge < -0.3 is 14.0 Å². The molecule has 1 fully saturated rings. The van der Waals surface area contributed by atoms with Crippen molar-refractivity contribution >= 4 is 21.8 Å². The molecule has 2 aromatic rings. The van der Waals surface area contributed by atoms with E-state index in [0.717, 1.165) is 17.9 Å². The molecule has 0 aliphatic carbocycles. The molecule has 31 heavy (non-hydrogen) atoms. The number of esters is 1. The van der Waals surface area contributed by atoms with Crippen LogP contribution in [0.4, 0.5) is 0 Å². The van der Waals surface area contributed by atoms with Gasteiger partial charge >= 0.3 is 5.97 Å². The van der Waals surface area contributed by atoms with Crippen LogP contribution in [-0.2, 0) is 26.0 Å². The Balaban J connectivity index is 1.76. The number of Topliss-reactive ketones (excluding diaryl/α,β-unsaturated/α-hetero) is 1. The minimum atomic E-state index is -3.74. The van der Waals surface area contributed by atoms with Crippen LogP contribution in [0.3, 0.4) is 0 Å². The molecule has 8 nitrogen and oxygen atoms in total. The molecule has 0 radical (unpaired) electrons. The largest absolute Gasteiger partial charge is 0.454 e. The monoisotopic (exact) mass is 448 g/mol. The second-order valence-electron chi connectivity index (χ2n) is 7.52. The van der Waals surface area contributed by atoms with Crippen molar-refractivity contribution in [1.29, 1.82) is 0 Å². The Morgan fingerprint density at radius 3 is 2.35 bits per heavy atom. The highest BCUT2D eigenvalue weighted by Crippen LogP contribution is 2.22. The van der Waals surface area contributed by atoms with E-state index in [4.69, 9.17) is 9.47 Å². The number of carbonyl (C=O) groups excluding carboxylic acids is 2. The predicted octanol–water partition coefficient (Wildman–Crippen LogP) is 2.49. The van der Waals surface area contributed by atoms with Crippen molar-refractivity contribution in [2.24, 2.45) is 0 Å². The number of aryl methyl sites for hydroxylation is 2. The molecule has 3 rings (SSSR count). The zero-order valence-corrected chi connectivity index (χ0v) is 19.1. The molecule has 0 saturated carbocycles. The van der Waals surface area contributed by atoms with Crippen molar-refractivity contribution in [3.8, 4) is 0 Å². The Kier molecular flexibility index (Phi) is 6.98. The lowest BCUT2D eigenvalue weighted by Gasteiger charge is -2.26. The van der Waals surface area contributed by atoms with Crippen molar-refractivity contribution in [2.45, 2.75) is 39.1 Å². The number of ketones is 1. The Morgan fingerprint density at radius 1 is 1.06 bits per heavy atom. The number of hydrogen-bond donors (Lipinski definition) is 0. The fourth-order valence-electron chi connectivity index (χ4n) is 3.77. The number of aromatic nitrogens is 1. The van der Waals surface area contributed by atoms with E-state index < -0.39 is 22.6 Å². The van der Waals surface area contributed by atoms with Gasteiger partial charge in [-0.2, -0.15) is 4.31 Å². The average molecular weight is 449 g/mol. The standard InChI is InChI=1S/C22H28N2O6S/c1-5-24-16(3)12-20(17(24)4)21(25)14-30-22(26)19-13-18(7-6-15(19)2)31(27,28)23-8-10-29-11-9-23/h6-7,12-13H,5,8-11,14H2,1-4H3. The van der Waals surface area contributed by atoms with Gasteiger partial charge in [0.1, 0.15) is 0 Å². The molecule has 2 heterocycles. The molecule has 1 aromatic carbocycles. The minimum absolute atomic E-state index is 0.0183. The second-order valence-corrected chi connectivity index (χ2v) is 9.46. The van der Waals surface area contributed by atoms with E-state index in [1.807, 2.05) is 25.3 Å². The van der Waals surface area contributed by atoms with Gasteiger partial charge in [-0.3, -0.25) is 4.79 Å². The van der Waals surface area contributed by atoms with Crippen molar-refractivity contribution in [3.63, 3.8) is 0 Å². The minimum Gasteiger partial charge on any atom is -0.454 e. The topological polar surface area (TPSA) is 94.9 Å². The Morgan fingerprint density at radius 2 is 1.74 bits per heavy atom. The maximum Gasteiger partial charge on any atom is 0.338 e. The molecule has 0 atom stereocenters. The Labute approximate surface area is 182 Å². The summed E-state index contributed by atoms with van der Waals surface area (Å²) in [5.74, 6) is -1.02. The van der Waals surface area contributed by atoms with Crippen LogP contribution in [0.2, 0.25) is 0 Å². The third-order valence-corrected chi connectivity index (χ3v) is 7.46. The Hall–Kier alpha value is -2.49. The fraction of sp³-hybridized carbons (Fsp3) is 0.455. The highest BCUT2D eigenvalue weighted by molar-refractivity contribution is 7.89. The summed E-state index contributed by atoms with van der Waals surface area (Å²) in [4.78, 5) is 25.3. The molecule has 1 saturated heterocycles. The van der Waals surface area contributed by atoms with E-state index in [0.29, 0.717) is 24.3 Å². The molecule has 0 unspecified atom stereocenters. The van der Waals surface area contributed by atoms with Gasteiger partial charge in [-0.05, 0) is 51.5 Å². The van der Waals surface area contributed by atoms with Gasteiger partial charge in [0.05, 0.1) is 23.7 Å². The van der Waals surface area contributed by atoms with Crippen LogP contribution in [0, 0.1) is 20.8 Å². The number of rotatable bonds is 7. The van der Waals surface area contributed by atoms with Gasteiger partial charge in [-0.25, -0.2) is 13.2 Å². The molecule has 1 aromatic heterocycles. The van der Waals surface area contributed by atoms with E-state index in [2.05, 4.69) is 0 Å². The van der Waals surface area contributed by atoms with Gasteiger partial charge in [0.25, 0.3) is 0 Å². The summed E-state index contributed by atoms with van der Waals surface area (Å²) >= 11 is 0. The first-order valence-electron chi connectivity index (χ1n) is 10.2. The van der Waals surface area contributed by atoms with Crippen LogP contribution in [0.1, 0.15) is 44.6 Å². The van der Waals surface area contributed by atoms with Gasteiger partial charge in [0, 0.05) is 36.6 Å². The molecule has 0 bridgehead atoms. The van der Waals surface area contributed by atoms with Crippen molar-refractivity contribution in [1.82, 2.24) is 8.87 Å². The number of ether oxygens (including phenoxy) is 2. The third-order valence-electron chi connectivity index (χ3n) is 5.56. The lowest BCUT2D eigenvalue weighted by atomic mass is 10.1. The second kappa shape index (κ2) is 9.33. The molecule has 1 aliphatic heterocycles. The van der Waals surface area contributed by atoms with Crippen LogP contribution in [0.15, 0.2) is 29.2 Å². The lowest BCUT2D eigenvalue weighted by molar-refractivity contribution is 0.0473.